The fourth-order valence-electron chi connectivity index (χ4n) is 5.11. The number of rotatable bonds is 5. The molecule has 3 aromatic rings. The first-order valence-electron chi connectivity index (χ1n) is 12.5. The lowest BCUT2D eigenvalue weighted by Crippen LogP contribution is -2.40. The summed E-state index contributed by atoms with van der Waals surface area (Å²) >= 11 is 1.56. The van der Waals surface area contributed by atoms with E-state index in [-0.39, 0.29) is 17.4 Å². The van der Waals surface area contributed by atoms with Crippen molar-refractivity contribution in [2.75, 3.05) is 38.2 Å². The molecule has 0 atom stereocenters. The number of ether oxygens (including phenoxy) is 2. The van der Waals surface area contributed by atoms with Crippen molar-refractivity contribution < 1.29 is 22.7 Å². The average molecular weight is 541 g/mol. The van der Waals surface area contributed by atoms with Gasteiger partial charge in [-0.05, 0) is 55.3 Å². The molecule has 1 aromatic heterocycles. The van der Waals surface area contributed by atoms with Crippen LogP contribution in [0, 0.1) is 0 Å². The summed E-state index contributed by atoms with van der Waals surface area (Å²) in [6.45, 7) is 1.59. The lowest BCUT2D eigenvalue weighted by molar-refractivity contribution is -0.118. The van der Waals surface area contributed by atoms with Crippen molar-refractivity contribution in [1.82, 2.24) is 8.87 Å². The van der Waals surface area contributed by atoms with Crippen molar-refractivity contribution in [2.24, 2.45) is 4.99 Å². The van der Waals surface area contributed by atoms with Crippen molar-refractivity contribution in [3.05, 3.63) is 52.6 Å². The molecule has 2 aromatic carbocycles. The first-order valence-corrected chi connectivity index (χ1v) is 14.8. The molecule has 11 heteroatoms. The molecule has 1 saturated heterocycles. The van der Waals surface area contributed by atoms with Crippen LogP contribution in [0.1, 0.15) is 31.7 Å². The van der Waals surface area contributed by atoms with E-state index in [9.17, 15) is 13.2 Å². The highest BCUT2D eigenvalue weighted by Crippen LogP contribution is 2.37. The van der Waals surface area contributed by atoms with E-state index < -0.39 is 10.0 Å². The minimum absolute atomic E-state index is 0.0302. The van der Waals surface area contributed by atoms with Crippen LogP contribution in [0.5, 0.6) is 5.75 Å². The summed E-state index contributed by atoms with van der Waals surface area (Å²) in [7, 11) is -3.55. The highest BCUT2D eigenvalue weighted by atomic mass is 32.2. The van der Waals surface area contributed by atoms with E-state index >= 15 is 0 Å². The number of carbonyl (C=O) groups excluding carboxylic acids is 1. The number of carbonyl (C=O) groups is 1. The standard InChI is InChI=1S/C26H28N4O5S2/c31-25-16-35-24-10-5-18(15-22(24)28-25)23-17-36-26(30(23)20-3-1-2-4-20)27-19-6-8-21(9-7-19)37(32,33)29-11-13-34-14-12-29/h5-10,15,17,20H,1-4,11-14,16H2,(H,28,31). The second-order valence-corrected chi connectivity index (χ2v) is 12.2. The Morgan fingerprint density at radius 3 is 2.54 bits per heavy atom. The van der Waals surface area contributed by atoms with E-state index in [1.165, 1.54) is 17.1 Å². The third kappa shape index (κ3) is 4.84. The quantitative estimate of drug-likeness (QED) is 0.529. The number of nitrogens with one attached hydrogen (secondary N) is 1. The summed E-state index contributed by atoms with van der Waals surface area (Å²) in [4.78, 5) is 17.9. The molecule has 3 heterocycles. The van der Waals surface area contributed by atoms with Crippen molar-refractivity contribution in [3.8, 4) is 17.0 Å². The molecule has 0 radical (unpaired) electrons. The van der Waals surface area contributed by atoms with Gasteiger partial charge in [-0.25, -0.2) is 13.4 Å². The van der Waals surface area contributed by atoms with Crippen LogP contribution in [0.2, 0.25) is 0 Å². The summed E-state index contributed by atoms with van der Waals surface area (Å²) in [5.41, 5.74) is 3.41. The first kappa shape index (κ1) is 24.4. The fraction of sp³-hybridized carbons (Fsp3) is 0.385. The lowest BCUT2D eigenvalue weighted by atomic mass is 10.1. The van der Waals surface area contributed by atoms with Crippen molar-refractivity contribution >= 4 is 38.6 Å². The van der Waals surface area contributed by atoms with Gasteiger partial charge in [0.15, 0.2) is 11.4 Å². The molecule has 1 saturated carbocycles. The molecule has 0 bridgehead atoms. The number of nitrogens with zero attached hydrogens (tertiary/aromatic N) is 3. The van der Waals surface area contributed by atoms with Crippen LogP contribution < -0.4 is 14.9 Å². The second kappa shape index (κ2) is 10.1. The smallest absolute Gasteiger partial charge is 0.262 e. The molecule has 1 amide bonds. The van der Waals surface area contributed by atoms with E-state index in [0.717, 1.165) is 28.9 Å². The maximum absolute atomic E-state index is 13.0. The van der Waals surface area contributed by atoms with Crippen LogP contribution in [0.3, 0.4) is 0 Å². The molecule has 1 N–H and O–H groups in total. The Hall–Kier alpha value is -2.99. The highest BCUT2D eigenvalue weighted by molar-refractivity contribution is 7.89. The number of thiazole rings is 1. The predicted molar refractivity (Wildman–Crippen MR) is 141 cm³/mol. The van der Waals surface area contributed by atoms with Gasteiger partial charge >= 0.3 is 0 Å². The summed E-state index contributed by atoms with van der Waals surface area (Å²) < 4.78 is 40.5. The van der Waals surface area contributed by atoms with Gasteiger partial charge in [0.05, 0.1) is 35.2 Å². The molecule has 9 nitrogen and oxygen atoms in total. The minimum atomic E-state index is -3.55. The molecule has 6 rings (SSSR count). The van der Waals surface area contributed by atoms with Crippen LogP contribution in [0.15, 0.2) is 57.7 Å². The Kier molecular flexibility index (Phi) is 6.62. The van der Waals surface area contributed by atoms with Gasteiger partial charge in [0, 0.05) is 30.1 Å². The third-order valence-corrected chi connectivity index (χ3v) is 9.76. The maximum atomic E-state index is 13.0. The zero-order chi connectivity index (χ0) is 25.4. The Balaban J connectivity index is 1.35. The zero-order valence-corrected chi connectivity index (χ0v) is 21.9. The van der Waals surface area contributed by atoms with Crippen LogP contribution in [-0.4, -0.2) is 56.1 Å². The normalized spacial score (nSPS) is 19.5. The van der Waals surface area contributed by atoms with E-state index in [1.54, 1.807) is 35.6 Å². The maximum Gasteiger partial charge on any atom is 0.262 e. The molecule has 1 aliphatic carbocycles. The van der Waals surface area contributed by atoms with E-state index in [2.05, 4.69) is 15.3 Å². The predicted octanol–water partition coefficient (Wildman–Crippen LogP) is 3.92. The fourth-order valence-corrected chi connectivity index (χ4v) is 7.50. The van der Waals surface area contributed by atoms with Crippen molar-refractivity contribution in [2.45, 2.75) is 36.6 Å². The molecule has 0 unspecified atom stereocenters. The highest BCUT2D eigenvalue weighted by Gasteiger charge is 2.26. The zero-order valence-electron chi connectivity index (χ0n) is 20.3. The molecule has 2 aliphatic heterocycles. The van der Waals surface area contributed by atoms with Crippen LogP contribution in [-0.2, 0) is 19.6 Å². The number of amides is 1. The number of anilines is 1. The molecule has 194 valence electrons. The van der Waals surface area contributed by atoms with Crippen LogP contribution in [0.4, 0.5) is 11.4 Å². The Labute approximate surface area is 219 Å². The van der Waals surface area contributed by atoms with Gasteiger partial charge in [-0.2, -0.15) is 4.31 Å². The van der Waals surface area contributed by atoms with Crippen LogP contribution in [0.25, 0.3) is 11.3 Å². The first-order chi connectivity index (χ1) is 18.0. The van der Waals surface area contributed by atoms with E-state index in [1.807, 2.05) is 18.2 Å². The number of benzene rings is 2. The van der Waals surface area contributed by atoms with Crippen LogP contribution >= 0.6 is 11.3 Å². The van der Waals surface area contributed by atoms with Gasteiger partial charge in [0.25, 0.3) is 5.91 Å². The largest absolute Gasteiger partial charge is 0.482 e. The SMILES string of the molecule is O=C1COc2ccc(-c3csc(=Nc4ccc(S(=O)(=O)N5CCOCC5)cc4)n3C3CCCC3)cc2N1. The van der Waals surface area contributed by atoms with E-state index in [4.69, 9.17) is 14.5 Å². The Bertz CT molecular complexity index is 1480. The van der Waals surface area contributed by atoms with Gasteiger partial charge in [-0.3, -0.25) is 4.79 Å². The number of aromatic nitrogens is 1. The summed E-state index contributed by atoms with van der Waals surface area (Å²) in [6.07, 6.45) is 4.51. The number of fused-ring (bicyclic) bond motifs is 1. The van der Waals surface area contributed by atoms with Gasteiger partial charge in [0.1, 0.15) is 5.75 Å². The Morgan fingerprint density at radius 2 is 1.78 bits per heavy atom. The van der Waals surface area contributed by atoms with E-state index in [0.29, 0.717) is 49.5 Å². The molecule has 3 aliphatic rings. The average Bonchev–Trinajstić information content (AvgIpc) is 3.59. The monoisotopic (exact) mass is 540 g/mol. The molecule has 2 fully saturated rings. The number of morpholine rings is 1. The summed E-state index contributed by atoms with van der Waals surface area (Å²) in [5.74, 6) is 0.511. The minimum Gasteiger partial charge on any atom is -0.482 e. The van der Waals surface area contributed by atoms with Gasteiger partial charge in [-0.15, -0.1) is 11.3 Å². The Morgan fingerprint density at radius 1 is 1.03 bits per heavy atom. The lowest BCUT2D eigenvalue weighted by Gasteiger charge is -2.26. The number of hydrogen-bond acceptors (Lipinski definition) is 7. The summed E-state index contributed by atoms with van der Waals surface area (Å²) in [6, 6.07) is 13.0. The van der Waals surface area contributed by atoms with Gasteiger partial charge in [-0.1, -0.05) is 12.8 Å². The summed E-state index contributed by atoms with van der Waals surface area (Å²) in [5, 5.41) is 4.99. The van der Waals surface area contributed by atoms with Gasteiger partial charge < -0.3 is 19.4 Å². The second-order valence-electron chi connectivity index (χ2n) is 9.38. The topological polar surface area (TPSA) is 102 Å². The van der Waals surface area contributed by atoms with Crippen molar-refractivity contribution in [1.29, 1.82) is 0 Å². The molecular weight excluding hydrogens is 512 g/mol. The number of hydrogen-bond donors (Lipinski definition) is 1. The molecule has 0 spiro atoms. The third-order valence-electron chi connectivity index (χ3n) is 7.01. The van der Waals surface area contributed by atoms with Gasteiger partial charge in [0.2, 0.25) is 10.0 Å². The molecular formula is C26H28N4O5S2. The number of sulfonamides is 1. The molecule has 37 heavy (non-hydrogen) atoms. The van der Waals surface area contributed by atoms with Crippen molar-refractivity contribution in [3.63, 3.8) is 0 Å².